The van der Waals surface area contributed by atoms with Crippen LogP contribution in [0.3, 0.4) is 0 Å². The molecule has 1 aliphatic heterocycles. The molecule has 4 nitrogen and oxygen atoms in total. The Balaban J connectivity index is 2.08. The maximum absolute atomic E-state index is 12.6. The minimum absolute atomic E-state index is 0.00205. The van der Waals surface area contributed by atoms with E-state index in [1.165, 1.54) is 0 Å². The quantitative estimate of drug-likeness (QED) is 0.785. The fourth-order valence-corrected chi connectivity index (χ4v) is 2.59. The van der Waals surface area contributed by atoms with E-state index < -0.39 is 0 Å². The van der Waals surface area contributed by atoms with Crippen LogP contribution >= 0.6 is 11.6 Å². The Morgan fingerprint density at radius 2 is 2.29 bits per heavy atom. The van der Waals surface area contributed by atoms with Gasteiger partial charge in [0.25, 0.3) is 5.91 Å². The van der Waals surface area contributed by atoms with Crippen LogP contribution in [0, 0.1) is 0 Å². The third-order valence-electron chi connectivity index (χ3n) is 3.34. The summed E-state index contributed by atoms with van der Waals surface area (Å²) in [6.45, 7) is 5.79. The van der Waals surface area contributed by atoms with Gasteiger partial charge in [-0.05, 0) is 31.5 Å². The first-order valence-corrected chi connectivity index (χ1v) is 7.91. The summed E-state index contributed by atoms with van der Waals surface area (Å²) < 4.78 is 11.3. The van der Waals surface area contributed by atoms with E-state index in [0.29, 0.717) is 31.1 Å². The van der Waals surface area contributed by atoms with E-state index in [0.717, 1.165) is 12.2 Å². The molecule has 2 atom stereocenters. The van der Waals surface area contributed by atoms with Gasteiger partial charge in [-0.2, -0.15) is 0 Å². The van der Waals surface area contributed by atoms with Gasteiger partial charge in [0.05, 0.1) is 24.7 Å². The summed E-state index contributed by atoms with van der Waals surface area (Å²) in [5.74, 6) is 1.13. The van der Waals surface area contributed by atoms with Crippen molar-refractivity contribution in [3.8, 4) is 5.75 Å². The van der Waals surface area contributed by atoms with Gasteiger partial charge in [-0.25, -0.2) is 0 Å². The zero-order valence-corrected chi connectivity index (χ0v) is 13.3. The number of rotatable bonds is 5. The smallest absolute Gasteiger partial charge is 0.254 e. The lowest BCUT2D eigenvalue weighted by molar-refractivity contribution is -0.0570. The van der Waals surface area contributed by atoms with Gasteiger partial charge in [0.15, 0.2) is 0 Å². The molecule has 2 rings (SSSR count). The number of halogens is 1. The molecule has 116 valence electrons. The summed E-state index contributed by atoms with van der Waals surface area (Å²) in [5, 5.41) is 0. The molecule has 1 heterocycles. The molecule has 0 aromatic heterocycles. The second kappa shape index (κ2) is 7.66. The standard InChI is InChI=1S/C16H22ClNO3/c1-3-7-20-14-6-4-5-13(8-14)16(19)18-10-12(2)21-15(9-17)11-18/h4-6,8,12,15H,3,7,9-11H2,1-2H3. The monoisotopic (exact) mass is 311 g/mol. The Kier molecular flexibility index (Phi) is 5.88. The SMILES string of the molecule is CCCOc1cccc(C(=O)N2CC(C)OC(CCl)C2)c1. The minimum atomic E-state index is -0.0982. The van der Waals surface area contributed by atoms with Crippen molar-refractivity contribution >= 4 is 17.5 Å². The first-order valence-electron chi connectivity index (χ1n) is 7.37. The van der Waals surface area contributed by atoms with Crippen molar-refractivity contribution in [1.82, 2.24) is 4.90 Å². The van der Waals surface area contributed by atoms with E-state index in [2.05, 4.69) is 6.92 Å². The van der Waals surface area contributed by atoms with E-state index in [1.54, 1.807) is 11.0 Å². The van der Waals surface area contributed by atoms with Gasteiger partial charge >= 0.3 is 0 Å². The topological polar surface area (TPSA) is 38.8 Å². The highest BCUT2D eigenvalue weighted by Crippen LogP contribution is 2.19. The normalized spacial score (nSPS) is 22.1. The molecule has 1 aliphatic rings. The number of hydrogen-bond donors (Lipinski definition) is 0. The molecule has 0 N–H and O–H groups in total. The number of amides is 1. The van der Waals surface area contributed by atoms with Crippen LogP contribution in [-0.4, -0.2) is 48.6 Å². The average molecular weight is 312 g/mol. The summed E-state index contributed by atoms with van der Waals surface area (Å²) in [7, 11) is 0. The fourth-order valence-electron chi connectivity index (χ4n) is 2.42. The van der Waals surface area contributed by atoms with Gasteiger partial charge in [-0.3, -0.25) is 4.79 Å². The number of benzene rings is 1. The molecule has 1 amide bonds. The molecule has 1 aromatic rings. The number of carbonyl (C=O) groups is 1. The molecule has 21 heavy (non-hydrogen) atoms. The number of alkyl halides is 1. The van der Waals surface area contributed by atoms with Crippen LogP contribution in [0.1, 0.15) is 30.6 Å². The maximum Gasteiger partial charge on any atom is 0.254 e. The Bertz CT molecular complexity index is 480. The molecular weight excluding hydrogens is 290 g/mol. The third kappa shape index (κ3) is 4.35. The van der Waals surface area contributed by atoms with Crippen molar-refractivity contribution < 1.29 is 14.3 Å². The Labute approximate surface area is 131 Å². The van der Waals surface area contributed by atoms with Gasteiger partial charge in [-0.15, -0.1) is 11.6 Å². The molecule has 0 aliphatic carbocycles. The van der Waals surface area contributed by atoms with Crippen molar-refractivity contribution in [2.75, 3.05) is 25.6 Å². The highest BCUT2D eigenvalue weighted by molar-refractivity contribution is 6.18. The molecule has 0 bridgehead atoms. The van der Waals surface area contributed by atoms with Crippen molar-refractivity contribution in [2.24, 2.45) is 0 Å². The first kappa shape index (κ1) is 16.1. The average Bonchev–Trinajstić information content (AvgIpc) is 2.51. The van der Waals surface area contributed by atoms with E-state index in [-0.39, 0.29) is 18.1 Å². The minimum Gasteiger partial charge on any atom is -0.494 e. The van der Waals surface area contributed by atoms with Crippen molar-refractivity contribution in [1.29, 1.82) is 0 Å². The lowest BCUT2D eigenvalue weighted by Crippen LogP contribution is -2.49. The second-order valence-electron chi connectivity index (χ2n) is 5.31. The predicted molar refractivity (Wildman–Crippen MR) is 83.2 cm³/mol. The number of nitrogens with zero attached hydrogens (tertiary/aromatic N) is 1. The van der Waals surface area contributed by atoms with Crippen LogP contribution in [0.4, 0.5) is 0 Å². The highest BCUT2D eigenvalue weighted by atomic mass is 35.5. The van der Waals surface area contributed by atoms with E-state index in [4.69, 9.17) is 21.1 Å². The Morgan fingerprint density at radius 1 is 1.48 bits per heavy atom. The zero-order valence-electron chi connectivity index (χ0n) is 12.5. The lowest BCUT2D eigenvalue weighted by Gasteiger charge is -2.36. The molecular formula is C16H22ClNO3. The van der Waals surface area contributed by atoms with Crippen molar-refractivity contribution in [2.45, 2.75) is 32.5 Å². The molecule has 1 fully saturated rings. The first-order chi connectivity index (χ1) is 10.1. The van der Waals surface area contributed by atoms with E-state index in [1.807, 2.05) is 25.1 Å². The van der Waals surface area contributed by atoms with Gasteiger partial charge in [-0.1, -0.05) is 13.0 Å². The van der Waals surface area contributed by atoms with Crippen LogP contribution in [0.5, 0.6) is 5.75 Å². The van der Waals surface area contributed by atoms with Gasteiger partial charge in [0.1, 0.15) is 5.75 Å². The highest BCUT2D eigenvalue weighted by Gasteiger charge is 2.28. The van der Waals surface area contributed by atoms with E-state index in [9.17, 15) is 4.79 Å². The summed E-state index contributed by atoms with van der Waals surface area (Å²) in [6.07, 6.45) is 0.848. The Morgan fingerprint density at radius 3 is 3.00 bits per heavy atom. The van der Waals surface area contributed by atoms with Crippen LogP contribution < -0.4 is 4.74 Å². The fraction of sp³-hybridized carbons (Fsp3) is 0.562. The summed E-state index contributed by atoms with van der Waals surface area (Å²) >= 11 is 5.86. The predicted octanol–water partition coefficient (Wildman–Crippen LogP) is 2.94. The number of carbonyl (C=O) groups excluding carboxylic acids is 1. The van der Waals surface area contributed by atoms with E-state index >= 15 is 0 Å². The van der Waals surface area contributed by atoms with Crippen molar-refractivity contribution in [3.63, 3.8) is 0 Å². The van der Waals surface area contributed by atoms with Gasteiger partial charge in [0.2, 0.25) is 0 Å². The van der Waals surface area contributed by atoms with Crippen molar-refractivity contribution in [3.05, 3.63) is 29.8 Å². The largest absolute Gasteiger partial charge is 0.494 e. The maximum atomic E-state index is 12.6. The molecule has 1 saturated heterocycles. The zero-order chi connectivity index (χ0) is 15.2. The third-order valence-corrected chi connectivity index (χ3v) is 3.68. The van der Waals surface area contributed by atoms with Crippen LogP contribution in [-0.2, 0) is 4.74 Å². The molecule has 0 saturated carbocycles. The van der Waals surface area contributed by atoms with Gasteiger partial charge < -0.3 is 14.4 Å². The second-order valence-corrected chi connectivity index (χ2v) is 5.62. The molecule has 0 radical (unpaired) electrons. The number of ether oxygens (including phenoxy) is 2. The molecule has 2 unspecified atom stereocenters. The Hall–Kier alpha value is -1.26. The molecule has 5 heteroatoms. The lowest BCUT2D eigenvalue weighted by atomic mass is 10.1. The summed E-state index contributed by atoms with van der Waals surface area (Å²) in [4.78, 5) is 14.4. The van der Waals surface area contributed by atoms with Crippen LogP contribution in [0.15, 0.2) is 24.3 Å². The van der Waals surface area contributed by atoms with Crippen LogP contribution in [0.25, 0.3) is 0 Å². The summed E-state index contributed by atoms with van der Waals surface area (Å²) in [6, 6.07) is 7.34. The summed E-state index contributed by atoms with van der Waals surface area (Å²) in [5.41, 5.74) is 0.644. The van der Waals surface area contributed by atoms with Crippen LogP contribution in [0.2, 0.25) is 0 Å². The van der Waals surface area contributed by atoms with Gasteiger partial charge in [0, 0.05) is 18.7 Å². The molecule has 1 aromatic carbocycles. The number of morpholine rings is 1. The number of hydrogen-bond acceptors (Lipinski definition) is 3. The molecule has 0 spiro atoms.